The molecule has 0 saturated carbocycles. The zero-order valence-electron chi connectivity index (χ0n) is 10.2. The van der Waals surface area contributed by atoms with Crippen LogP contribution in [0, 0.1) is 11.3 Å². The molecule has 0 aromatic rings. The fourth-order valence-corrected chi connectivity index (χ4v) is 1.65. The predicted molar refractivity (Wildman–Crippen MR) is 58.1 cm³/mol. The van der Waals surface area contributed by atoms with Gasteiger partial charge in [0.2, 0.25) is 0 Å². The van der Waals surface area contributed by atoms with Gasteiger partial charge in [-0.2, -0.15) is 0 Å². The lowest BCUT2D eigenvalue weighted by Crippen LogP contribution is -2.46. The number of hydrogen-bond donors (Lipinski definition) is 1. The summed E-state index contributed by atoms with van der Waals surface area (Å²) in [6.07, 6.45) is 0.971. The monoisotopic (exact) mass is 201 g/mol. The summed E-state index contributed by atoms with van der Waals surface area (Å²) in [5, 5.41) is 3.19. The van der Waals surface area contributed by atoms with Crippen LogP contribution in [0.1, 0.15) is 34.1 Å². The van der Waals surface area contributed by atoms with Gasteiger partial charge >= 0.3 is 5.97 Å². The van der Waals surface area contributed by atoms with E-state index in [2.05, 4.69) is 19.2 Å². The Morgan fingerprint density at radius 2 is 1.93 bits per heavy atom. The van der Waals surface area contributed by atoms with Gasteiger partial charge < -0.3 is 10.1 Å². The minimum Gasteiger partial charge on any atom is -0.469 e. The van der Waals surface area contributed by atoms with Gasteiger partial charge in [0.05, 0.1) is 12.5 Å². The summed E-state index contributed by atoms with van der Waals surface area (Å²) in [7, 11) is 3.32. The average molecular weight is 201 g/mol. The Balaban J connectivity index is 4.56. The molecule has 0 rings (SSSR count). The van der Waals surface area contributed by atoms with Gasteiger partial charge in [-0.1, -0.05) is 13.8 Å². The second-order valence-electron chi connectivity index (χ2n) is 4.68. The first-order valence-corrected chi connectivity index (χ1v) is 5.12. The van der Waals surface area contributed by atoms with Crippen molar-refractivity contribution in [2.75, 3.05) is 14.2 Å². The molecule has 84 valence electrons. The van der Waals surface area contributed by atoms with E-state index in [1.165, 1.54) is 7.11 Å². The molecule has 3 heteroatoms. The molecule has 1 N–H and O–H groups in total. The quantitative estimate of drug-likeness (QED) is 0.689. The van der Waals surface area contributed by atoms with Gasteiger partial charge in [-0.05, 0) is 33.2 Å². The van der Waals surface area contributed by atoms with Gasteiger partial charge in [0.25, 0.3) is 0 Å². The maximum atomic E-state index is 11.6. The molecule has 0 spiro atoms. The molecule has 0 fully saturated rings. The minimum absolute atomic E-state index is 0.155. The third-order valence-corrected chi connectivity index (χ3v) is 2.64. The standard InChI is InChI=1S/C11H23NO2/c1-8(2)7-9(12-5)11(3,4)10(13)14-6/h8-9,12H,7H2,1-6H3. The van der Waals surface area contributed by atoms with Gasteiger partial charge in [0.15, 0.2) is 0 Å². The van der Waals surface area contributed by atoms with Crippen molar-refractivity contribution in [1.29, 1.82) is 0 Å². The zero-order chi connectivity index (χ0) is 11.4. The second-order valence-corrected chi connectivity index (χ2v) is 4.68. The highest BCUT2D eigenvalue weighted by Gasteiger charge is 2.37. The van der Waals surface area contributed by atoms with Gasteiger partial charge in [0, 0.05) is 6.04 Å². The molecule has 0 heterocycles. The number of carbonyl (C=O) groups is 1. The van der Waals surface area contributed by atoms with Crippen molar-refractivity contribution in [3.63, 3.8) is 0 Å². The van der Waals surface area contributed by atoms with Gasteiger partial charge in [0.1, 0.15) is 0 Å². The SMILES string of the molecule is CNC(CC(C)C)C(C)(C)C(=O)OC. The highest BCUT2D eigenvalue weighted by Crippen LogP contribution is 2.26. The van der Waals surface area contributed by atoms with Crippen molar-refractivity contribution >= 4 is 5.97 Å². The predicted octanol–water partition coefficient (Wildman–Crippen LogP) is 1.82. The molecule has 0 aromatic carbocycles. The number of carbonyl (C=O) groups excluding carboxylic acids is 1. The smallest absolute Gasteiger partial charge is 0.312 e. The normalized spacial score (nSPS) is 14.2. The van der Waals surface area contributed by atoms with E-state index in [0.717, 1.165) is 6.42 Å². The Kier molecular flexibility index (Phi) is 5.13. The zero-order valence-corrected chi connectivity index (χ0v) is 10.2. The van der Waals surface area contributed by atoms with Crippen LogP contribution in [-0.4, -0.2) is 26.2 Å². The van der Waals surface area contributed by atoms with Crippen LogP contribution in [0.15, 0.2) is 0 Å². The summed E-state index contributed by atoms with van der Waals surface area (Å²) in [5.41, 5.74) is -0.465. The van der Waals surface area contributed by atoms with Crippen LogP contribution < -0.4 is 5.32 Å². The van der Waals surface area contributed by atoms with E-state index in [1.54, 1.807) is 0 Å². The number of hydrogen-bond acceptors (Lipinski definition) is 3. The van der Waals surface area contributed by atoms with E-state index in [4.69, 9.17) is 4.74 Å². The molecule has 1 unspecified atom stereocenters. The fourth-order valence-electron chi connectivity index (χ4n) is 1.65. The lowest BCUT2D eigenvalue weighted by Gasteiger charge is -2.32. The van der Waals surface area contributed by atoms with Gasteiger partial charge in [-0.15, -0.1) is 0 Å². The molecular weight excluding hydrogens is 178 g/mol. The second kappa shape index (κ2) is 5.35. The van der Waals surface area contributed by atoms with Crippen LogP contribution in [-0.2, 0) is 9.53 Å². The topological polar surface area (TPSA) is 38.3 Å². The Hall–Kier alpha value is -0.570. The van der Waals surface area contributed by atoms with Crippen LogP contribution in [0.5, 0.6) is 0 Å². The maximum absolute atomic E-state index is 11.6. The average Bonchev–Trinajstić information content (AvgIpc) is 2.12. The van der Waals surface area contributed by atoms with Crippen molar-refractivity contribution in [2.24, 2.45) is 11.3 Å². The summed E-state index contributed by atoms with van der Waals surface area (Å²) < 4.78 is 4.80. The molecule has 1 atom stereocenters. The summed E-state index contributed by atoms with van der Waals surface area (Å²) in [4.78, 5) is 11.6. The Labute approximate surface area is 87.2 Å². The van der Waals surface area contributed by atoms with E-state index in [-0.39, 0.29) is 12.0 Å². The van der Waals surface area contributed by atoms with E-state index < -0.39 is 5.41 Å². The number of nitrogens with one attached hydrogen (secondary N) is 1. The van der Waals surface area contributed by atoms with Crippen LogP contribution in [0.2, 0.25) is 0 Å². The molecule has 14 heavy (non-hydrogen) atoms. The minimum atomic E-state index is -0.465. The first kappa shape index (κ1) is 13.4. The van der Waals surface area contributed by atoms with Crippen LogP contribution in [0.3, 0.4) is 0 Å². The third kappa shape index (κ3) is 3.29. The number of esters is 1. The molecule has 0 aromatic heterocycles. The number of rotatable bonds is 5. The lowest BCUT2D eigenvalue weighted by molar-refractivity contribution is -0.152. The number of methoxy groups -OCH3 is 1. The van der Waals surface area contributed by atoms with E-state index in [1.807, 2.05) is 20.9 Å². The summed E-state index contributed by atoms with van der Waals surface area (Å²) in [5.74, 6) is 0.411. The van der Waals surface area contributed by atoms with Gasteiger partial charge in [-0.3, -0.25) is 4.79 Å². The van der Waals surface area contributed by atoms with Crippen molar-refractivity contribution in [1.82, 2.24) is 5.32 Å². The first-order valence-electron chi connectivity index (χ1n) is 5.12. The number of ether oxygens (including phenoxy) is 1. The Morgan fingerprint density at radius 3 is 2.21 bits per heavy atom. The van der Waals surface area contributed by atoms with Crippen molar-refractivity contribution in [2.45, 2.75) is 40.2 Å². The lowest BCUT2D eigenvalue weighted by atomic mass is 9.80. The molecule has 0 aliphatic heterocycles. The maximum Gasteiger partial charge on any atom is 0.312 e. The van der Waals surface area contributed by atoms with Crippen molar-refractivity contribution < 1.29 is 9.53 Å². The van der Waals surface area contributed by atoms with Crippen molar-refractivity contribution in [3.8, 4) is 0 Å². The van der Waals surface area contributed by atoms with E-state index in [9.17, 15) is 4.79 Å². The molecule has 0 aliphatic rings. The molecule has 0 aliphatic carbocycles. The molecule has 0 amide bonds. The largest absolute Gasteiger partial charge is 0.469 e. The highest BCUT2D eigenvalue weighted by molar-refractivity contribution is 5.76. The van der Waals surface area contributed by atoms with E-state index >= 15 is 0 Å². The van der Waals surface area contributed by atoms with Crippen LogP contribution in [0.4, 0.5) is 0 Å². The fraction of sp³-hybridized carbons (Fsp3) is 0.909. The molecule has 0 radical (unpaired) electrons. The Bertz CT molecular complexity index is 188. The Morgan fingerprint density at radius 1 is 1.43 bits per heavy atom. The highest BCUT2D eigenvalue weighted by atomic mass is 16.5. The molecular formula is C11H23NO2. The summed E-state index contributed by atoms with van der Waals surface area (Å²) in [6, 6.07) is 0.162. The van der Waals surface area contributed by atoms with Gasteiger partial charge in [-0.25, -0.2) is 0 Å². The van der Waals surface area contributed by atoms with Crippen LogP contribution in [0.25, 0.3) is 0 Å². The first-order chi connectivity index (χ1) is 6.36. The molecule has 0 bridgehead atoms. The van der Waals surface area contributed by atoms with E-state index in [0.29, 0.717) is 5.92 Å². The summed E-state index contributed by atoms with van der Waals surface area (Å²) in [6.45, 7) is 8.14. The van der Waals surface area contributed by atoms with Crippen LogP contribution >= 0.6 is 0 Å². The summed E-state index contributed by atoms with van der Waals surface area (Å²) >= 11 is 0. The molecule has 3 nitrogen and oxygen atoms in total. The third-order valence-electron chi connectivity index (χ3n) is 2.64. The van der Waals surface area contributed by atoms with Crippen molar-refractivity contribution in [3.05, 3.63) is 0 Å². The molecule has 0 saturated heterocycles.